The molecule has 1 aliphatic heterocycles. The number of nitrogens with zero attached hydrogens (tertiary/aromatic N) is 2. The lowest BCUT2D eigenvalue weighted by Gasteiger charge is -1.70. The molecule has 0 unspecified atom stereocenters. The lowest BCUT2D eigenvalue weighted by molar-refractivity contribution is 1.29. The maximum atomic E-state index is 3.64. The minimum atomic E-state index is 0.861. The van der Waals surface area contributed by atoms with E-state index in [9.17, 15) is 0 Å². The molecule has 0 aliphatic carbocycles. The molecule has 32 valence electrons. The molecule has 0 aromatic rings. The maximum Gasteiger partial charge on any atom is 0.111 e. The fraction of sp³-hybridized carbons (Fsp3) is 0.333. The van der Waals surface area contributed by atoms with E-state index in [-0.39, 0.29) is 0 Å². The molecule has 0 radical (unpaired) electrons. The summed E-state index contributed by atoms with van der Waals surface area (Å²) in [5.41, 5.74) is 0. The Kier molecular flexibility index (Phi) is 1.01. The zero-order valence-corrected chi connectivity index (χ0v) is 4.64. The molecule has 0 aromatic heterocycles. The van der Waals surface area contributed by atoms with Gasteiger partial charge in [-0.15, -0.1) is 5.10 Å². The fourth-order valence-electron chi connectivity index (χ4n) is 0.260. The van der Waals surface area contributed by atoms with Crippen LogP contribution in [0.4, 0.5) is 0 Å². The molecule has 6 heavy (non-hydrogen) atoms. The van der Waals surface area contributed by atoms with Crippen LogP contribution in [0.2, 0.25) is 0 Å². The van der Waals surface area contributed by atoms with Gasteiger partial charge in [-0.1, -0.05) is 0 Å². The zero-order chi connectivity index (χ0) is 4.41. The average Bonchev–Trinajstić information content (AvgIpc) is 1.86. The fourth-order valence-corrected chi connectivity index (χ4v) is 0.497. The monoisotopic (exact) mass is 146 g/mol. The topological polar surface area (TPSA) is 24.7 Å². The van der Waals surface area contributed by atoms with E-state index < -0.39 is 0 Å². The van der Waals surface area contributed by atoms with Gasteiger partial charge in [-0.05, 0) is 15.9 Å². The highest BCUT2D eigenvalue weighted by molar-refractivity contribution is 9.18. The molecular formula is C3H3BrN2. The summed E-state index contributed by atoms with van der Waals surface area (Å²) in [7, 11) is 0. The molecule has 0 bridgehead atoms. The highest BCUT2D eigenvalue weighted by Crippen LogP contribution is 1.99. The van der Waals surface area contributed by atoms with Gasteiger partial charge in [0.25, 0.3) is 0 Å². The summed E-state index contributed by atoms with van der Waals surface area (Å²) in [6.07, 6.45) is 2.62. The molecule has 1 aliphatic rings. The Labute approximate surface area is 44.1 Å². The first-order valence-corrected chi connectivity index (χ1v) is 2.43. The van der Waals surface area contributed by atoms with Gasteiger partial charge in [-0.25, -0.2) is 0 Å². The van der Waals surface area contributed by atoms with Crippen LogP contribution in [0, 0.1) is 0 Å². The first-order chi connectivity index (χ1) is 2.89. The summed E-state index contributed by atoms with van der Waals surface area (Å²) in [6, 6.07) is 0. The van der Waals surface area contributed by atoms with Crippen molar-refractivity contribution in [3.8, 4) is 0 Å². The molecule has 1 rings (SSSR count). The van der Waals surface area contributed by atoms with Gasteiger partial charge in [0.15, 0.2) is 0 Å². The van der Waals surface area contributed by atoms with E-state index in [0.29, 0.717) is 0 Å². The quantitative estimate of drug-likeness (QED) is 0.491. The molecule has 0 spiro atoms. The number of halogens is 1. The van der Waals surface area contributed by atoms with E-state index in [1.54, 1.807) is 6.21 Å². The maximum absolute atomic E-state index is 3.64. The van der Waals surface area contributed by atoms with Crippen LogP contribution >= 0.6 is 15.9 Å². The van der Waals surface area contributed by atoms with Crippen molar-refractivity contribution >= 4 is 26.8 Å². The van der Waals surface area contributed by atoms with E-state index in [1.807, 2.05) is 0 Å². The third-order valence-corrected chi connectivity index (χ3v) is 0.990. The highest BCUT2D eigenvalue weighted by atomic mass is 79.9. The molecule has 0 aromatic carbocycles. The van der Waals surface area contributed by atoms with E-state index in [1.165, 1.54) is 0 Å². The standard InChI is InChI=1S/C3H3BrN2/c4-3-1-2-5-6-3/h2H,1H2. The predicted molar refractivity (Wildman–Crippen MR) is 29.5 cm³/mol. The molecule has 0 atom stereocenters. The molecule has 2 nitrogen and oxygen atoms in total. The number of rotatable bonds is 0. The van der Waals surface area contributed by atoms with Crippen LogP contribution < -0.4 is 0 Å². The lowest BCUT2D eigenvalue weighted by atomic mass is 10.5. The van der Waals surface area contributed by atoms with E-state index in [4.69, 9.17) is 0 Å². The van der Waals surface area contributed by atoms with Gasteiger partial charge in [0, 0.05) is 12.6 Å². The van der Waals surface area contributed by atoms with Crippen LogP contribution in [0.15, 0.2) is 10.2 Å². The van der Waals surface area contributed by atoms with E-state index >= 15 is 0 Å². The van der Waals surface area contributed by atoms with Gasteiger partial charge in [0.1, 0.15) is 4.62 Å². The van der Waals surface area contributed by atoms with Crippen molar-refractivity contribution in [2.75, 3.05) is 0 Å². The normalized spacial score (nSPS) is 18.5. The minimum absolute atomic E-state index is 0.861. The van der Waals surface area contributed by atoms with Gasteiger partial charge in [0.2, 0.25) is 0 Å². The van der Waals surface area contributed by atoms with Crippen LogP contribution in [0.3, 0.4) is 0 Å². The van der Waals surface area contributed by atoms with Gasteiger partial charge in [0.05, 0.1) is 0 Å². The summed E-state index contributed by atoms with van der Waals surface area (Å²) >= 11 is 3.16. The lowest BCUT2D eigenvalue weighted by Crippen LogP contribution is -1.75. The van der Waals surface area contributed by atoms with Crippen molar-refractivity contribution < 1.29 is 0 Å². The van der Waals surface area contributed by atoms with Crippen LogP contribution in [-0.2, 0) is 0 Å². The van der Waals surface area contributed by atoms with Crippen molar-refractivity contribution in [1.82, 2.24) is 0 Å². The predicted octanol–water partition coefficient (Wildman–Crippen LogP) is 1.17. The van der Waals surface area contributed by atoms with E-state index in [2.05, 4.69) is 26.1 Å². The highest BCUT2D eigenvalue weighted by Gasteiger charge is 1.92. The SMILES string of the molecule is BrC1=NN=CC1. The van der Waals surface area contributed by atoms with Crippen LogP contribution in [0.1, 0.15) is 6.42 Å². The summed E-state index contributed by atoms with van der Waals surface area (Å²) in [6.45, 7) is 0. The summed E-state index contributed by atoms with van der Waals surface area (Å²) in [5.74, 6) is 0. The second kappa shape index (κ2) is 1.51. The molecule has 1 heterocycles. The third kappa shape index (κ3) is 0.653. The Bertz CT molecular complexity index is 105. The van der Waals surface area contributed by atoms with Gasteiger partial charge in [-0.2, -0.15) is 5.10 Å². The molecule has 3 heteroatoms. The molecular weight excluding hydrogens is 144 g/mol. The van der Waals surface area contributed by atoms with Gasteiger partial charge >= 0.3 is 0 Å². The molecule has 0 saturated carbocycles. The first-order valence-electron chi connectivity index (χ1n) is 1.63. The van der Waals surface area contributed by atoms with Crippen LogP contribution in [-0.4, -0.2) is 10.8 Å². The van der Waals surface area contributed by atoms with Crippen molar-refractivity contribution in [3.05, 3.63) is 0 Å². The first kappa shape index (κ1) is 3.99. The van der Waals surface area contributed by atoms with Gasteiger partial charge in [-0.3, -0.25) is 0 Å². The zero-order valence-electron chi connectivity index (χ0n) is 3.06. The van der Waals surface area contributed by atoms with Crippen LogP contribution in [0.25, 0.3) is 0 Å². The van der Waals surface area contributed by atoms with Crippen molar-refractivity contribution in [1.29, 1.82) is 0 Å². The number of hydrogen-bond donors (Lipinski definition) is 0. The molecule has 0 saturated heterocycles. The van der Waals surface area contributed by atoms with Crippen LogP contribution in [0.5, 0.6) is 0 Å². The van der Waals surface area contributed by atoms with Gasteiger partial charge < -0.3 is 0 Å². The Morgan fingerprint density at radius 3 is 2.83 bits per heavy atom. The Hall–Kier alpha value is -0.180. The Balaban J connectivity index is 2.61. The third-order valence-electron chi connectivity index (χ3n) is 0.508. The summed E-state index contributed by atoms with van der Waals surface area (Å²) in [4.78, 5) is 0. The molecule has 0 fully saturated rings. The Morgan fingerprint density at radius 1 is 1.83 bits per heavy atom. The largest absolute Gasteiger partial charge is 0.162 e. The summed E-state index contributed by atoms with van der Waals surface area (Å²) < 4.78 is 0.919. The second-order valence-corrected chi connectivity index (χ2v) is 1.89. The van der Waals surface area contributed by atoms with E-state index in [0.717, 1.165) is 11.0 Å². The van der Waals surface area contributed by atoms with Crippen molar-refractivity contribution in [3.63, 3.8) is 0 Å². The van der Waals surface area contributed by atoms with Crippen molar-refractivity contribution in [2.24, 2.45) is 10.2 Å². The smallest absolute Gasteiger partial charge is 0.111 e. The molecule has 0 N–H and O–H groups in total. The van der Waals surface area contributed by atoms with Crippen molar-refractivity contribution in [2.45, 2.75) is 6.42 Å². The average molecular weight is 147 g/mol. The number of hydrogen-bond acceptors (Lipinski definition) is 2. The minimum Gasteiger partial charge on any atom is -0.162 e. The second-order valence-electron chi connectivity index (χ2n) is 0.978. The Morgan fingerprint density at radius 2 is 2.67 bits per heavy atom. The molecule has 0 amide bonds. The summed E-state index contributed by atoms with van der Waals surface area (Å²) in [5, 5.41) is 7.22.